The van der Waals surface area contributed by atoms with Crippen molar-refractivity contribution < 1.29 is 4.74 Å². The molecule has 0 amide bonds. The van der Waals surface area contributed by atoms with Crippen LogP contribution in [-0.4, -0.2) is 16.4 Å². The van der Waals surface area contributed by atoms with Crippen LogP contribution >= 0.6 is 0 Å². The van der Waals surface area contributed by atoms with Gasteiger partial charge in [-0.3, -0.25) is 4.68 Å². The molecule has 0 aliphatic heterocycles. The maximum absolute atomic E-state index is 5.82. The second-order valence-corrected chi connectivity index (χ2v) is 5.57. The molecule has 2 rings (SSSR count). The molecule has 0 aliphatic rings. The quantitative estimate of drug-likeness (QED) is 0.757. The molecule has 4 nitrogen and oxygen atoms in total. The Balaban J connectivity index is 2.04. The summed E-state index contributed by atoms with van der Waals surface area (Å²) >= 11 is 0. The summed E-state index contributed by atoms with van der Waals surface area (Å²) in [6.45, 7) is 9.34. The fraction of sp³-hybridized carbons (Fsp3) is 0.389. The minimum absolute atomic E-state index is 0.279. The number of aromatic nitrogens is 2. The maximum Gasteiger partial charge on any atom is 0.124 e. The third kappa shape index (κ3) is 4.21. The van der Waals surface area contributed by atoms with Gasteiger partial charge in [0.1, 0.15) is 12.4 Å². The van der Waals surface area contributed by atoms with Gasteiger partial charge in [0.2, 0.25) is 0 Å². The maximum atomic E-state index is 5.82. The zero-order valence-electron chi connectivity index (χ0n) is 13.7. The van der Waals surface area contributed by atoms with Crippen LogP contribution in [-0.2, 0) is 13.6 Å². The second-order valence-electron chi connectivity index (χ2n) is 5.57. The third-order valence-electron chi connectivity index (χ3n) is 3.61. The third-order valence-corrected chi connectivity index (χ3v) is 3.61. The van der Waals surface area contributed by atoms with Crippen LogP contribution in [0.3, 0.4) is 0 Å². The largest absolute Gasteiger partial charge is 0.489 e. The molecule has 0 bridgehead atoms. The molecule has 0 aliphatic carbocycles. The first kappa shape index (κ1) is 16.3. The van der Waals surface area contributed by atoms with Crippen LogP contribution in [0, 0.1) is 0 Å². The van der Waals surface area contributed by atoms with Crippen molar-refractivity contribution >= 4 is 0 Å². The van der Waals surface area contributed by atoms with Crippen LogP contribution in [0.4, 0.5) is 0 Å². The lowest BCUT2D eigenvalue weighted by atomic mass is 10.1. The molecule has 1 atom stereocenters. The molecule has 118 valence electrons. The summed E-state index contributed by atoms with van der Waals surface area (Å²) in [6, 6.07) is 10.5. The summed E-state index contributed by atoms with van der Waals surface area (Å²) in [5.41, 5.74) is 3.37. The van der Waals surface area contributed by atoms with Gasteiger partial charge < -0.3 is 10.1 Å². The number of hydrogen-bond acceptors (Lipinski definition) is 3. The van der Waals surface area contributed by atoms with Gasteiger partial charge in [-0.1, -0.05) is 31.7 Å². The number of hydrogen-bond donors (Lipinski definition) is 1. The Morgan fingerprint density at radius 1 is 1.36 bits per heavy atom. The first-order valence-electron chi connectivity index (χ1n) is 7.68. The van der Waals surface area contributed by atoms with Crippen molar-refractivity contribution in [2.75, 3.05) is 6.61 Å². The van der Waals surface area contributed by atoms with Gasteiger partial charge in [-0.2, -0.15) is 5.10 Å². The Bertz CT molecular complexity index is 618. The first-order valence-corrected chi connectivity index (χ1v) is 7.68. The Morgan fingerprint density at radius 2 is 2.14 bits per heavy atom. The second kappa shape index (κ2) is 7.80. The Kier molecular flexibility index (Phi) is 5.78. The molecule has 4 heteroatoms. The van der Waals surface area contributed by atoms with Gasteiger partial charge in [0.05, 0.1) is 5.69 Å². The highest BCUT2D eigenvalue weighted by molar-refractivity contribution is 5.33. The van der Waals surface area contributed by atoms with Crippen molar-refractivity contribution in [3.05, 3.63) is 59.9 Å². The average Bonchev–Trinajstić information content (AvgIpc) is 2.93. The lowest BCUT2D eigenvalue weighted by molar-refractivity contribution is 0.346. The summed E-state index contributed by atoms with van der Waals surface area (Å²) in [7, 11) is 1.98. The average molecular weight is 299 g/mol. The lowest BCUT2D eigenvalue weighted by Gasteiger charge is -2.19. The van der Waals surface area contributed by atoms with Crippen molar-refractivity contribution in [3.63, 3.8) is 0 Å². The Hall–Kier alpha value is -2.07. The first-order chi connectivity index (χ1) is 10.6. The van der Waals surface area contributed by atoms with Crippen LogP contribution in [0.25, 0.3) is 0 Å². The van der Waals surface area contributed by atoms with E-state index in [4.69, 9.17) is 4.74 Å². The van der Waals surface area contributed by atoms with Gasteiger partial charge >= 0.3 is 0 Å². The molecule has 1 N–H and O–H groups in total. The molecule has 0 unspecified atom stereocenters. The normalized spacial score (nSPS) is 12.1. The number of para-hydroxylation sites is 1. The molecular formula is C18H25N3O. The van der Waals surface area contributed by atoms with E-state index in [-0.39, 0.29) is 6.04 Å². The summed E-state index contributed by atoms with van der Waals surface area (Å²) in [5, 5.41) is 7.84. The van der Waals surface area contributed by atoms with Crippen LogP contribution in [0.2, 0.25) is 0 Å². The van der Waals surface area contributed by atoms with Gasteiger partial charge in [0, 0.05) is 31.4 Å². The van der Waals surface area contributed by atoms with E-state index < -0.39 is 0 Å². The number of nitrogens with one attached hydrogen (secondary N) is 1. The van der Waals surface area contributed by atoms with Crippen LogP contribution in [0.1, 0.15) is 37.6 Å². The molecule has 0 fully saturated rings. The smallest absolute Gasteiger partial charge is 0.124 e. The zero-order chi connectivity index (χ0) is 15.9. The van der Waals surface area contributed by atoms with Crippen LogP contribution in [0.5, 0.6) is 5.75 Å². The highest BCUT2D eigenvalue weighted by atomic mass is 16.5. The van der Waals surface area contributed by atoms with Crippen molar-refractivity contribution in [2.24, 2.45) is 7.05 Å². The van der Waals surface area contributed by atoms with Gasteiger partial charge in [0.25, 0.3) is 0 Å². The summed E-state index contributed by atoms with van der Waals surface area (Å²) in [6.07, 6.45) is 2.85. The number of ether oxygens (including phenoxy) is 1. The van der Waals surface area contributed by atoms with Crippen molar-refractivity contribution in [2.45, 2.75) is 32.9 Å². The number of rotatable bonds is 8. The van der Waals surface area contributed by atoms with Gasteiger partial charge in [-0.05, 0) is 31.1 Å². The van der Waals surface area contributed by atoms with E-state index >= 15 is 0 Å². The van der Waals surface area contributed by atoms with Gasteiger partial charge in [-0.15, -0.1) is 0 Å². The predicted octanol–water partition coefficient (Wildman–Crippen LogP) is 3.62. The predicted molar refractivity (Wildman–Crippen MR) is 89.8 cm³/mol. The van der Waals surface area contributed by atoms with Crippen molar-refractivity contribution in [1.82, 2.24) is 15.1 Å². The van der Waals surface area contributed by atoms with Gasteiger partial charge in [0.15, 0.2) is 0 Å². The lowest BCUT2D eigenvalue weighted by Crippen LogP contribution is -2.23. The van der Waals surface area contributed by atoms with E-state index in [0.29, 0.717) is 6.61 Å². The molecule has 1 heterocycles. The van der Waals surface area contributed by atoms with E-state index in [1.165, 1.54) is 5.69 Å². The Labute approximate surface area is 132 Å². The minimum atomic E-state index is 0.279. The van der Waals surface area contributed by atoms with Crippen molar-refractivity contribution in [3.8, 4) is 5.75 Å². The van der Waals surface area contributed by atoms with Crippen LogP contribution < -0.4 is 10.1 Å². The van der Waals surface area contributed by atoms with Crippen molar-refractivity contribution in [1.29, 1.82) is 0 Å². The number of aryl methyl sites for hydroxylation is 1. The Morgan fingerprint density at radius 3 is 2.77 bits per heavy atom. The highest BCUT2D eigenvalue weighted by Gasteiger charge is 2.13. The summed E-state index contributed by atoms with van der Waals surface area (Å²) in [5.74, 6) is 0.915. The van der Waals surface area contributed by atoms with E-state index in [0.717, 1.165) is 29.9 Å². The monoisotopic (exact) mass is 299 g/mol. The van der Waals surface area contributed by atoms with Gasteiger partial charge in [-0.25, -0.2) is 0 Å². The molecule has 22 heavy (non-hydrogen) atoms. The SMILES string of the molecule is C=C(C)COc1ccccc1CN[C@@H](CC)c1ccnn1C. The van der Waals surface area contributed by atoms with E-state index in [1.54, 1.807) is 0 Å². The molecule has 0 saturated heterocycles. The fourth-order valence-corrected chi connectivity index (χ4v) is 2.41. The molecule has 2 aromatic rings. The molecule has 0 spiro atoms. The van der Waals surface area contributed by atoms with Crippen LogP contribution in [0.15, 0.2) is 48.7 Å². The molecule has 1 aromatic carbocycles. The highest BCUT2D eigenvalue weighted by Crippen LogP contribution is 2.21. The summed E-state index contributed by atoms with van der Waals surface area (Å²) < 4.78 is 7.74. The topological polar surface area (TPSA) is 39.1 Å². The molecular weight excluding hydrogens is 274 g/mol. The van der Waals surface area contributed by atoms with E-state index in [1.807, 2.05) is 43.0 Å². The van der Waals surface area contributed by atoms with E-state index in [2.05, 4.69) is 36.1 Å². The number of nitrogens with zero attached hydrogens (tertiary/aromatic N) is 2. The zero-order valence-corrected chi connectivity index (χ0v) is 13.7. The summed E-state index contributed by atoms with van der Waals surface area (Å²) in [4.78, 5) is 0. The molecule has 1 aromatic heterocycles. The number of benzene rings is 1. The molecule has 0 saturated carbocycles. The standard InChI is InChI=1S/C18H25N3O/c1-5-16(17-10-11-20-21(17)4)19-12-15-8-6-7-9-18(15)22-13-14(2)3/h6-11,16,19H,2,5,12-13H2,1,3-4H3/t16-/m0/s1. The fourth-order valence-electron chi connectivity index (χ4n) is 2.41. The van der Waals surface area contributed by atoms with E-state index in [9.17, 15) is 0 Å². The molecule has 0 radical (unpaired) electrons. The minimum Gasteiger partial charge on any atom is -0.489 e.